The smallest absolute Gasteiger partial charge is 0.268 e. The molecule has 0 unspecified atom stereocenters. The van der Waals surface area contributed by atoms with E-state index in [4.69, 9.17) is 4.55 Å². The van der Waals surface area contributed by atoms with Crippen molar-refractivity contribution in [3.63, 3.8) is 0 Å². The summed E-state index contributed by atoms with van der Waals surface area (Å²) in [6, 6.07) is 0. The lowest BCUT2D eigenvalue weighted by Gasteiger charge is -2.03. The van der Waals surface area contributed by atoms with Gasteiger partial charge < -0.3 is 0 Å². The summed E-state index contributed by atoms with van der Waals surface area (Å²) in [5, 5.41) is 0. The first-order chi connectivity index (χ1) is 5.99. The van der Waals surface area contributed by atoms with E-state index in [-0.39, 0.29) is 5.75 Å². The summed E-state index contributed by atoms with van der Waals surface area (Å²) in [4.78, 5) is 0. The standard InChI is InChI=1S/C9H18O3S/c1-3-5-9(6-4-2)7-8-13(10,11)12/h7H,3-6,8H2,1-2H3,(H,10,11,12). The lowest BCUT2D eigenvalue weighted by molar-refractivity contribution is 0.486. The first-order valence-electron chi connectivity index (χ1n) is 4.62. The van der Waals surface area contributed by atoms with E-state index < -0.39 is 10.1 Å². The highest BCUT2D eigenvalue weighted by Crippen LogP contribution is 2.11. The molecule has 0 rings (SSSR count). The van der Waals surface area contributed by atoms with Gasteiger partial charge in [-0.2, -0.15) is 8.42 Å². The molecule has 0 aromatic rings. The van der Waals surface area contributed by atoms with E-state index in [1.807, 2.05) is 0 Å². The highest BCUT2D eigenvalue weighted by molar-refractivity contribution is 7.85. The molecule has 13 heavy (non-hydrogen) atoms. The fourth-order valence-electron chi connectivity index (χ4n) is 1.19. The second-order valence-electron chi connectivity index (χ2n) is 3.11. The van der Waals surface area contributed by atoms with Crippen molar-refractivity contribution in [3.05, 3.63) is 11.6 Å². The molecule has 0 heterocycles. The Bertz CT molecular complexity index is 244. The van der Waals surface area contributed by atoms with Gasteiger partial charge in [0.1, 0.15) is 0 Å². The van der Waals surface area contributed by atoms with Crippen LogP contribution in [0.5, 0.6) is 0 Å². The lowest BCUT2D eigenvalue weighted by Crippen LogP contribution is -2.01. The van der Waals surface area contributed by atoms with Crippen LogP contribution >= 0.6 is 0 Å². The van der Waals surface area contributed by atoms with Gasteiger partial charge in [-0.25, -0.2) is 0 Å². The summed E-state index contributed by atoms with van der Waals surface area (Å²) in [6.45, 7) is 4.11. The molecule has 0 bridgehead atoms. The van der Waals surface area contributed by atoms with E-state index in [2.05, 4.69) is 13.8 Å². The molecule has 0 aliphatic carbocycles. The third-order valence-electron chi connectivity index (χ3n) is 1.72. The summed E-state index contributed by atoms with van der Waals surface area (Å²) in [5.41, 5.74) is 1.13. The van der Waals surface area contributed by atoms with Crippen molar-refractivity contribution in [2.45, 2.75) is 39.5 Å². The summed E-state index contributed by atoms with van der Waals surface area (Å²) in [5.74, 6) is -0.248. The summed E-state index contributed by atoms with van der Waals surface area (Å²) < 4.78 is 29.4. The van der Waals surface area contributed by atoms with Gasteiger partial charge >= 0.3 is 0 Å². The SMILES string of the molecule is CCCC(=CCS(=O)(=O)O)CCC. The van der Waals surface area contributed by atoms with E-state index in [1.165, 1.54) is 0 Å². The van der Waals surface area contributed by atoms with E-state index in [0.29, 0.717) is 0 Å². The second kappa shape index (κ2) is 6.16. The maximum absolute atomic E-state index is 10.5. The fraction of sp³-hybridized carbons (Fsp3) is 0.778. The molecule has 0 radical (unpaired) electrons. The Morgan fingerprint density at radius 1 is 1.23 bits per heavy atom. The molecule has 0 saturated carbocycles. The molecule has 0 saturated heterocycles. The fourth-order valence-corrected chi connectivity index (χ4v) is 1.64. The van der Waals surface area contributed by atoms with Crippen molar-refractivity contribution in [2.24, 2.45) is 0 Å². The van der Waals surface area contributed by atoms with Crippen molar-refractivity contribution in [1.82, 2.24) is 0 Å². The van der Waals surface area contributed by atoms with Gasteiger partial charge in [-0.3, -0.25) is 4.55 Å². The molecule has 1 N–H and O–H groups in total. The molecule has 3 nitrogen and oxygen atoms in total. The number of rotatable bonds is 6. The molecule has 0 spiro atoms. The Morgan fingerprint density at radius 3 is 2.00 bits per heavy atom. The topological polar surface area (TPSA) is 54.4 Å². The van der Waals surface area contributed by atoms with Gasteiger partial charge in [0.15, 0.2) is 0 Å². The number of hydrogen-bond acceptors (Lipinski definition) is 2. The zero-order valence-electron chi connectivity index (χ0n) is 8.28. The Morgan fingerprint density at radius 2 is 1.69 bits per heavy atom. The van der Waals surface area contributed by atoms with E-state index in [0.717, 1.165) is 31.3 Å². The zero-order chi connectivity index (χ0) is 10.3. The molecule has 78 valence electrons. The Labute approximate surface area is 80.6 Å². The summed E-state index contributed by atoms with van der Waals surface area (Å²) in [7, 11) is -3.83. The quantitative estimate of drug-likeness (QED) is 0.536. The Balaban J connectivity index is 4.18. The molecule has 0 aromatic carbocycles. The molecule has 4 heteroatoms. The highest BCUT2D eigenvalue weighted by Gasteiger charge is 2.02. The molecule has 0 aromatic heterocycles. The predicted molar refractivity (Wildman–Crippen MR) is 54.3 cm³/mol. The maximum atomic E-state index is 10.5. The zero-order valence-corrected chi connectivity index (χ0v) is 9.10. The first kappa shape index (κ1) is 12.7. The highest BCUT2D eigenvalue weighted by atomic mass is 32.2. The number of allylic oxidation sites excluding steroid dienone is 1. The number of hydrogen-bond donors (Lipinski definition) is 1. The lowest BCUT2D eigenvalue weighted by atomic mass is 10.1. The van der Waals surface area contributed by atoms with Crippen molar-refractivity contribution in [3.8, 4) is 0 Å². The van der Waals surface area contributed by atoms with E-state index >= 15 is 0 Å². The molecule has 0 aliphatic heterocycles. The average Bonchev–Trinajstić information content (AvgIpc) is 2.00. The van der Waals surface area contributed by atoms with Crippen LogP contribution in [0.1, 0.15) is 39.5 Å². The van der Waals surface area contributed by atoms with Crippen LogP contribution in [0.15, 0.2) is 11.6 Å². The van der Waals surface area contributed by atoms with E-state index in [9.17, 15) is 8.42 Å². The van der Waals surface area contributed by atoms with Gasteiger partial charge in [0.05, 0.1) is 5.75 Å². The van der Waals surface area contributed by atoms with Gasteiger partial charge in [0.2, 0.25) is 0 Å². The van der Waals surface area contributed by atoms with Crippen LogP contribution in [0.4, 0.5) is 0 Å². The molecule has 0 atom stereocenters. The van der Waals surface area contributed by atoms with Gasteiger partial charge in [-0.15, -0.1) is 0 Å². The molecular weight excluding hydrogens is 188 g/mol. The minimum Gasteiger partial charge on any atom is -0.285 e. The van der Waals surface area contributed by atoms with Crippen molar-refractivity contribution < 1.29 is 13.0 Å². The average molecular weight is 206 g/mol. The van der Waals surface area contributed by atoms with Crippen LogP contribution in [0, 0.1) is 0 Å². The van der Waals surface area contributed by atoms with Crippen LogP contribution in [-0.4, -0.2) is 18.7 Å². The monoisotopic (exact) mass is 206 g/mol. The normalized spacial score (nSPS) is 11.3. The Hall–Kier alpha value is -0.350. The van der Waals surface area contributed by atoms with Crippen LogP contribution in [-0.2, 0) is 10.1 Å². The van der Waals surface area contributed by atoms with Crippen LogP contribution in [0.3, 0.4) is 0 Å². The van der Waals surface area contributed by atoms with Gasteiger partial charge in [-0.05, 0) is 12.8 Å². The maximum Gasteiger partial charge on any atom is 0.268 e. The van der Waals surface area contributed by atoms with Crippen LogP contribution < -0.4 is 0 Å². The second-order valence-corrected chi connectivity index (χ2v) is 4.61. The minimum atomic E-state index is -3.83. The minimum absolute atomic E-state index is 0.248. The van der Waals surface area contributed by atoms with Gasteiger partial charge in [-0.1, -0.05) is 38.3 Å². The van der Waals surface area contributed by atoms with E-state index in [1.54, 1.807) is 6.08 Å². The Kier molecular flexibility index (Phi) is 5.99. The molecule has 0 aliphatic rings. The molecule has 0 fully saturated rings. The molecular formula is C9H18O3S. The molecule has 0 amide bonds. The summed E-state index contributed by atoms with van der Waals surface area (Å²) in [6.07, 6.45) is 5.49. The predicted octanol–water partition coefficient (Wildman–Crippen LogP) is 2.40. The third-order valence-corrected chi connectivity index (χ3v) is 2.31. The van der Waals surface area contributed by atoms with Crippen molar-refractivity contribution in [2.75, 3.05) is 5.75 Å². The first-order valence-corrected chi connectivity index (χ1v) is 6.23. The third kappa shape index (κ3) is 7.99. The van der Waals surface area contributed by atoms with Crippen LogP contribution in [0.2, 0.25) is 0 Å². The van der Waals surface area contributed by atoms with Gasteiger partial charge in [0.25, 0.3) is 10.1 Å². The van der Waals surface area contributed by atoms with Crippen LogP contribution in [0.25, 0.3) is 0 Å². The largest absolute Gasteiger partial charge is 0.285 e. The van der Waals surface area contributed by atoms with Crippen molar-refractivity contribution in [1.29, 1.82) is 0 Å². The van der Waals surface area contributed by atoms with Gasteiger partial charge in [0, 0.05) is 0 Å². The van der Waals surface area contributed by atoms with Crippen molar-refractivity contribution >= 4 is 10.1 Å². The summed E-state index contributed by atoms with van der Waals surface area (Å²) >= 11 is 0.